The van der Waals surface area contributed by atoms with Gasteiger partial charge in [0.25, 0.3) is 0 Å². The number of halogens is 3. The molecule has 4 atom stereocenters. The topological polar surface area (TPSA) is 82.1 Å². The van der Waals surface area contributed by atoms with Gasteiger partial charge in [-0.3, -0.25) is 9.88 Å². The molecule has 8 rings (SSSR count). The Morgan fingerprint density at radius 1 is 1.04 bits per heavy atom. The third-order valence-corrected chi connectivity index (χ3v) is 19.4. The van der Waals surface area contributed by atoms with Crippen molar-refractivity contribution in [3.05, 3.63) is 47.7 Å². The van der Waals surface area contributed by atoms with Gasteiger partial charge in [-0.2, -0.15) is 9.97 Å². The SMILES string of the molecule is COCOc1cc(-c2ncc3c(N4CCOC[C@H]5C[C@H]54)nc(OC[C@@]45CCCN4C[C@H](F)C5)nc3c2F)c2c(C#C[Si](C(C)C)(C(C)C)C(C)C)c(F)ccc2c1. The Bertz CT molecular complexity index is 2210. The smallest absolute Gasteiger partial charge is 0.319 e. The molecular formula is C44H54F3N5O4Si. The van der Waals surface area contributed by atoms with Crippen LogP contribution in [0, 0.1) is 29.0 Å². The number of aromatic nitrogens is 3. The molecule has 0 radical (unpaired) electrons. The van der Waals surface area contributed by atoms with Gasteiger partial charge in [-0.1, -0.05) is 53.5 Å². The highest BCUT2D eigenvalue weighted by atomic mass is 28.3. The standard InChI is InChI=1S/C44H54F3N5O4Si/c1-26(2)57(27(3)4,28(5)6)16-11-33-36(46)10-9-29-17-32(56-25-53-7)19-34(38(29)33)40-39(47)41-35(21-48-40)42(52-14-15-54-23-30-18-37(30)52)50-43(49-41)55-24-44-12-8-13-51(44)22-31(45)20-44/h9-10,17,19,21,26-28,30-31,37H,8,12-15,18,20,22-25H2,1-7H3/t30-,31-,37-,44+/m1/s1. The first-order valence-electron chi connectivity index (χ1n) is 20.5. The van der Waals surface area contributed by atoms with Crippen LogP contribution in [0.15, 0.2) is 30.5 Å². The number of ether oxygens (including phenoxy) is 4. The maximum absolute atomic E-state index is 17.6. The van der Waals surface area contributed by atoms with Crippen molar-refractivity contribution in [2.45, 2.75) is 102 Å². The minimum Gasteiger partial charge on any atom is -0.468 e. The maximum atomic E-state index is 17.6. The van der Waals surface area contributed by atoms with Gasteiger partial charge in [0.05, 0.1) is 29.7 Å². The molecule has 4 aromatic rings. The Kier molecular flexibility index (Phi) is 10.9. The molecule has 1 saturated carbocycles. The van der Waals surface area contributed by atoms with E-state index in [1.807, 2.05) is 0 Å². The van der Waals surface area contributed by atoms with Gasteiger partial charge in [-0.15, -0.1) is 5.54 Å². The molecule has 0 unspecified atom stereocenters. The van der Waals surface area contributed by atoms with Crippen LogP contribution in [-0.2, 0) is 9.47 Å². The van der Waals surface area contributed by atoms with Crippen molar-refractivity contribution in [2.75, 3.05) is 58.3 Å². The minimum absolute atomic E-state index is 0.0245. The molecule has 304 valence electrons. The first kappa shape index (κ1) is 39.8. The van der Waals surface area contributed by atoms with Crippen LogP contribution in [0.1, 0.15) is 72.8 Å². The summed E-state index contributed by atoms with van der Waals surface area (Å²) in [5, 5.41) is 1.50. The largest absolute Gasteiger partial charge is 0.468 e. The fraction of sp³-hybridized carbons (Fsp3) is 0.568. The quantitative estimate of drug-likeness (QED) is 0.0840. The van der Waals surface area contributed by atoms with Crippen molar-refractivity contribution in [1.82, 2.24) is 19.9 Å². The first-order chi connectivity index (χ1) is 27.4. The Morgan fingerprint density at radius 2 is 1.82 bits per heavy atom. The lowest BCUT2D eigenvalue weighted by molar-refractivity contribution is 0.0512. The summed E-state index contributed by atoms with van der Waals surface area (Å²) < 4.78 is 71.9. The summed E-state index contributed by atoms with van der Waals surface area (Å²) in [5.41, 5.74) is 4.73. The van der Waals surface area contributed by atoms with Crippen molar-refractivity contribution in [3.63, 3.8) is 0 Å². The lowest BCUT2D eigenvalue weighted by Gasteiger charge is -2.38. The fourth-order valence-electron chi connectivity index (χ4n) is 10.3. The van der Waals surface area contributed by atoms with E-state index in [2.05, 4.69) is 62.8 Å². The zero-order valence-electron chi connectivity index (χ0n) is 34.1. The molecule has 9 nitrogen and oxygen atoms in total. The average molecular weight is 802 g/mol. The van der Waals surface area contributed by atoms with Crippen LogP contribution in [-0.4, -0.2) is 99.0 Å². The number of alkyl halides is 1. The molecule has 2 aromatic carbocycles. The molecule has 2 aromatic heterocycles. The highest BCUT2D eigenvalue weighted by Gasteiger charge is 2.50. The van der Waals surface area contributed by atoms with E-state index in [-0.39, 0.29) is 42.2 Å². The highest BCUT2D eigenvalue weighted by Crippen LogP contribution is 2.45. The van der Waals surface area contributed by atoms with Crippen molar-refractivity contribution >= 4 is 35.6 Å². The van der Waals surface area contributed by atoms with Gasteiger partial charge in [0.1, 0.15) is 49.4 Å². The van der Waals surface area contributed by atoms with Gasteiger partial charge in [0.2, 0.25) is 0 Å². The summed E-state index contributed by atoms with van der Waals surface area (Å²) in [6.45, 7) is 16.4. The van der Waals surface area contributed by atoms with E-state index in [0.29, 0.717) is 88.6 Å². The average Bonchev–Trinajstić information content (AvgIpc) is 3.78. The maximum Gasteiger partial charge on any atom is 0.319 e. The van der Waals surface area contributed by atoms with Crippen LogP contribution >= 0.6 is 0 Å². The number of hydrogen-bond acceptors (Lipinski definition) is 9. The monoisotopic (exact) mass is 801 g/mol. The van der Waals surface area contributed by atoms with Crippen LogP contribution in [0.3, 0.4) is 0 Å². The van der Waals surface area contributed by atoms with E-state index in [9.17, 15) is 4.39 Å². The van der Waals surface area contributed by atoms with E-state index in [0.717, 1.165) is 25.8 Å². The van der Waals surface area contributed by atoms with E-state index >= 15 is 8.78 Å². The third kappa shape index (κ3) is 7.14. The Hall–Kier alpha value is -3.96. The zero-order chi connectivity index (χ0) is 40.2. The van der Waals surface area contributed by atoms with Gasteiger partial charge >= 0.3 is 6.01 Å². The number of hydrogen-bond donors (Lipinski definition) is 0. The van der Waals surface area contributed by atoms with Gasteiger partial charge in [0, 0.05) is 55.7 Å². The van der Waals surface area contributed by atoms with E-state index in [1.165, 1.54) is 13.2 Å². The number of pyridine rings is 1. The number of methoxy groups -OCH3 is 1. The predicted octanol–water partition coefficient (Wildman–Crippen LogP) is 8.86. The second-order valence-electron chi connectivity index (χ2n) is 17.4. The normalized spacial score (nSPS) is 23.6. The molecule has 5 heterocycles. The zero-order valence-corrected chi connectivity index (χ0v) is 35.1. The summed E-state index contributed by atoms with van der Waals surface area (Å²) in [5.74, 6) is 3.43. The Balaban J connectivity index is 1.31. The van der Waals surface area contributed by atoms with Crippen molar-refractivity contribution < 1.29 is 32.1 Å². The lowest BCUT2D eigenvalue weighted by Crippen LogP contribution is -2.43. The Morgan fingerprint density at radius 3 is 2.58 bits per heavy atom. The number of benzene rings is 2. The number of anilines is 1. The summed E-state index contributed by atoms with van der Waals surface area (Å²) >= 11 is 0. The molecule has 0 spiro atoms. The number of nitrogens with zero attached hydrogens (tertiary/aromatic N) is 5. The molecule has 4 aliphatic rings. The predicted molar refractivity (Wildman–Crippen MR) is 219 cm³/mol. The van der Waals surface area contributed by atoms with Crippen LogP contribution in [0.5, 0.6) is 11.8 Å². The lowest BCUT2D eigenvalue weighted by atomic mass is 9.95. The summed E-state index contributed by atoms with van der Waals surface area (Å²) in [6.07, 6.45) is 3.78. The molecule has 1 aliphatic carbocycles. The molecule has 3 saturated heterocycles. The molecule has 4 fully saturated rings. The van der Waals surface area contributed by atoms with Crippen LogP contribution in [0.2, 0.25) is 16.6 Å². The van der Waals surface area contributed by atoms with E-state index in [4.69, 9.17) is 33.9 Å². The van der Waals surface area contributed by atoms with E-state index in [1.54, 1.807) is 24.4 Å². The van der Waals surface area contributed by atoms with Gasteiger partial charge in [-0.05, 0) is 66.0 Å². The van der Waals surface area contributed by atoms with Crippen LogP contribution in [0.4, 0.5) is 19.0 Å². The van der Waals surface area contributed by atoms with Crippen LogP contribution in [0.25, 0.3) is 32.9 Å². The number of rotatable bonds is 11. The van der Waals surface area contributed by atoms with Gasteiger partial charge < -0.3 is 23.8 Å². The van der Waals surface area contributed by atoms with Gasteiger partial charge in [-0.25, -0.2) is 13.2 Å². The summed E-state index contributed by atoms with van der Waals surface area (Å²) in [4.78, 5) is 18.7. The molecule has 13 heteroatoms. The fourth-order valence-corrected chi connectivity index (χ4v) is 15.5. The number of fused-ring (bicyclic) bond motifs is 4. The molecule has 0 bridgehead atoms. The van der Waals surface area contributed by atoms with Crippen LogP contribution < -0.4 is 14.4 Å². The summed E-state index contributed by atoms with van der Waals surface area (Å²) in [7, 11) is -0.764. The molecule has 0 amide bonds. The first-order valence-corrected chi connectivity index (χ1v) is 22.7. The Labute approximate surface area is 334 Å². The second kappa shape index (κ2) is 15.7. The minimum atomic E-state index is -2.29. The molecule has 3 aliphatic heterocycles. The van der Waals surface area contributed by atoms with Gasteiger partial charge in [0.15, 0.2) is 12.6 Å². The van der Waals surface area contributed by atoms with Crippen molar-refractivity contribution in [3.8, 4) is 34.5 Å². The highest BCUT2D eigenvalue weighted by molar-refractivity contribution is 6.90. The second-order valence-corrected chi connectivity index (χ2v) is 23.0. The molecule has 57 heavy (non-hydrogen) atoms. The van der Waals surface area contributed by atoms with Crippen molar-refractivity contribution in [1.29, 1.82) is 0 Å². The third-order valence-electron chi connectivity index (χ3n) is 13.1. The van der Waals surface area contributed by atoms with E-state index < -0.39 is 31.4 Å². The molecule has 0 N–H and O–H groups in total. The van der Waals surface area contributed by atoms with Crippen molar-refractivity contribution in [2.24, 2.45) is 5.92 Å². The molecular weight excluding hydrogens is 748 g/mol. The summed E-state index contributed by atoms with van der Waals surface area (Å²) in [6, 6.07) is 6.73.